The van der Waals surface area contributed by atoms with Crippen molar-refractivity contribution in [3.05, 3.63) is 29.8 Å². The van der Waals surface area contributed by atoms with E-state index in [0.29, 0.717) is 0 Å². The van der Waals surface area contributed by atoms with E-state index in [1.807, 2.05) is 7.05 Å². The van der Waals surface area contributed by atoms with Gasteiger partial charge in [0.1, 0.15) is 0 Å². The van der Waals surface area contributed by atoms with Gasteiger partial charge in [-0.2, -0.15) is 0 Å². The summed E-state index contributed by atoms with van der Waals surface area (Å²) in [6.07, 6.45) is 0. The molecule has 2 N–H and O–H groups in total. The Morgan fingerprint density at radius 3 is 2.47 bits per heavy atom. The normalized spacial score (nSPS) is 10.8. The summed E-state index contributed by atoms with van der Waals surface area (Å²) in [7, 11) is 1.97. The lowest BCUT2D eigenvalue weighted by Crippen LogP contribution is -2.31. The van der Waals surface area contributed by atoms with Gasteiger partial charge in [0.05, 0.1) is 0 Å². The van der Waals surface area contributed by atoms with Crippen LogP contribution in [0.15, 0.2) is 24.3 Å². The Bertz CT molecular complexity index is 308. The van der Waals surface area contributed by atoms with Crippen LogP contribution in [0.25, 0.3) is 0 Å². The first kappa shape index (κ1) is 14.0. The van der Waals surface area contributed by atoms with E-state index in [2.05, 4.69) is 53.6 Å². The second kappa shape index (κ2) is 8.09. The van der Waals surface area contributed by atoms with Gasteiger partial charge in [0.2, 0.25) is 0 Å². The van der Waals surface area contributed by atoms with Gasteiger partial charge >= 0.3 is 0 Å². The van der Waals surface area contributed by atoms with Gasteiger partial charge in [0, 0.05) is 32.4 Å². The summed E-state index contributed by atoms with van der Waals surface area (Å²) in [5, 5.41) is 6.71. The number of benzene rings is 1. The van der Waals surface area contributed by atoms with Crippen LogP contribution in [0, 0.1) is 0 Å². The van der Waals surface area contributed by atoms with E-state index < -0.39 is 0 Å². The molecule has 96 valence electrons. The molecule has 0 amide bonds. The van der Waals surface area contributed by atoms with Crippen molar-refractivity contribution in [2.75, 3.05) is 38.5 Å². The predicted molar refractivity (Wildman–Crippen MR) is 75.5 cm³/mol. The van der Waals surface area contributed by atoms with Gasteiger partial charge < -0.3 is 15.5 Å². The molecule has 1 aromatic rings. The number of anilines is 1. The summed E-state index contributed by atoms with van der Waals surface area (Å²) in [5.41, 5.74) is 2.54. The summed E-state index contributed by atoms with van der Waals surface area (Å²) in [6.45, 7) is 9.77. The van der Waals surface area contributed by atoms with E-state index in [0.717, 1.165) is 32.7 Å². The standard InChI is InChI=1S/C14H25N3/c1-4-17(5-2)11-10-16-12-13-8-6-7-9-14(13)15-3/h6-9,15-16H,4-5,10-12H2,1-3H3. The molecule has 0 saturated heterocycles. The van der Waals surface area contributed by atoms with Crippen LogP contribution in [0.4, 0.5) is 5.69 Å². The molecule has 0 heterocycles. The average molecular weight is 235 g/mol. The molecule has 3 heteroatoms. The number of para-hydroxylation sites is 1. The van der Waals surface area contributed by atoms with Crippen LogP contribution in [0.2, 0.25) is 0 Å². The van der Waals surface area contributed by atoms with E-state index >= 15 is 0 Å². The van der Waals surface area contributed by atoms with Crippen molar-refractivity contribution < 1.29 is 0 Å². The van der Waals surface area contributed by atoms with Crippen LogP contribution in [0.3, 0.4) is 0 Å². The number of hydrogen-bond donors (Lipinski definition) is 2. The average Bonchev–Trinajstić information content (AvgIpc) is 2.39. The lowest BCUT2D eigenvalue weighted by molar-refractivity contribution is 0.302. The lowest BCUT2D eigenvalue weighted by Gasteiger charge is -2.18. The molecule has 0 spiro atoms. The van der Waals surface area contributed by atoms with Gasteiger partial charge in [-0.05, 0) is 24.7 Å². The Hall–Kier alpha value is -1.06. The van der Waals surface area contributed by atoms with Gasteiger partial charge in [-0.3, -0.25) is 0 Å². The monoisotopic (exact) mass is 235 g/mol. The van der Waals surface area contributed by atoms with Crippen molar-refractivity contribution in [1.82, 2.24) is 10.2 Å². The molecule has 0 bridgehead atoms. The number of rotatable bonds is 8. The first-order chi connectivity index (χ1) is 8.31. The van der Waals surface area contributed by atoms with E-state index in [9.17, 15) is 0 Å². The predicted octanol–water partition coefficient (Wildman–Crippen LogP) is 2.16. The second-order valence-corrected chi connectivity index (χ2v) is 4.11. The van der Waals surface area contributed by atoms with Gasteiger partial charge in [-0.25, -0.2) is 0 Å². The zero-order chi connectivity index (χ0) is 12.5. The minimum atomic E-state index is 0.929. The number of likely N-dealkylation sites (N-methyl/N-ethyl adjacent to an activating group) is 1. The Balaban J connectivity index is 2.30. The Labute approximate surface area is 105 Å². The molecule has 0 radical (unpaired) electrons. The maximum Gasteiger partial charge on any atom is 0.0383 e. The highest BCUT2D eigenvalue weighted by atomic mass is 15.1. The number of nitrogens with zero attached hydrogens (tertiary/aromatic N) is 1. The quantitative estimate of drug-likeness (QED) is 0.676. The fourth-order valence-electron chi connectivity index (χ4n) is 1.92. The molecular weight excluding hydrogens is 210 g/mol. The first-order valence-electron chi connectivity index (χ1n) is 6.50. The molecule has 17 heavy (non-hydrogen) atoms. The molecular formula is C14H25N3. The van der Waals surface area contributed by atoms with Gasteiger partial charge in [0.15, 0.2) is 0 Å². The minimum absolute atomic E-state index is 0.929. The zero-order valence-electron chi connectivity index (χ0n) is 11.3. The first-order valence-corrected chi connectivity index (χ1v) is 6.50. The van der Waals surface area contributed by atoms with Crippen LogP contribution in [0.1, 0.15) is 19.4 Å². The highest BCUT2D eigenvalue weighted by molar-refractivity contribution is 5.50. The molecule has 3 nitrogen and oxygen atoms in total. The Morgan fingerprint density at radius 2 is 1.82 bits per heavy atom. The van der Waals surface area contributed by atoms with Crippen LogP contribution < -0.4 is 10.6 Å². The van der Waals surface area contributed by atoms with Crippen LogP contribution in [0.5, 0.6) is 0 Å². The summed E-state index contributed by atoms with van der Waals surface area (Å²) < 4.78 is 0. The number of nitrogens with one attached hydrogen (secondary N) is 2. The molecule has 1 aromatic carbocycles. The molecule has 1 rings (SSSR count). The molecule has 0 unspecified atom stereocenters. The second-order valence-electron chi connectivity index (χ2n) is 4.11. The third-order valence-corrected chi connectivity index (χ3v) is 3.10. The van der Waals surface area contributed by atoms with Gasteiger partial charge in [0.25, 0.3) is 0 Å². The smallest absolute Gasteiger partial charge is 0.0383 e. The molecule has 0 saturated carbocycles. The third kappa shape index (κ3) is 4.75. The molecule has 0 fully saturated rings. The SMILES string of the molecule is CCN(CC)CCNCc1ccccc1NC. The molecule has 0 aliphatic carbocycles. The van der Waals surface area contributed by atoms with Crippen molar-refractivity contribution in [3.8, 4) is 0 Å². The maximum absolute atomic E-state index is 3.49. The fourth-order valence-corrected chi connectivity index (χ4v) is 1.92. The summed E-state index contributed by atoms with van der Waals surface area (Å²) in [6, 6.07) is 8.42. The van der Waals surface area contributed by atoms with E-state index in [4.69, 9.17) is 0 Å². The topological polar surface area (TPSA) is 27.3 Å². The van der Waals surface area contributed by atoms with E-state index in [-0.39, 0.29) is 0 Å². The van der Waals surface area contributed by atoms with Crippen molar-refractivity contribution in [2.45, 2.75) is 20.4 Å². The van der Waals surface area contributed by atoms with Crippen molar-refractivity contribution in [2.24, 2.45) is 0 Å². The molecule has 0 aromatic heterocycles. The molecule has 0 aliphatic rings. The molecule has 0 atom stereocenters. The van der Waals surface area contributed by atoms with Crippen LogP contribution >= 0.6 is 0 Å². The lowest BCUT2D eigenvalue weighted by atomic mass is 10.2. The minimum Gasteiger partial charge on any atom is -0.388 e. The number of hydrogen-bond acceptors (Lipinski definition) is 3. The van der Waals surface area contributed by atoms with Crippen LogP contribution in [-0.2, 0) is 6.54 Å². The Morgan fingerprint density at radius 1 is 1.12 bits per heavy atom. The van der Waals surface area contributed by atoms with Crippen molar-refractivity contribution in [3.63, 3.8) is 0 Å². The fraction of sp³-hybridized carbons (Fsp3) is 0.571. The summed E-state index contributed by atoms with van der Waals surface area (Å²) in [4.78, 5) is 2.43. The largest absolute Gasteiger partial charge is 0.388 e. The van der Waals surface area contributed by atoms with Gasteiger partial charge in [-0.1, -0.05) is 32.0 Å². The summed E-state index contributed by atoms with van der Waals surface area (Å²) in [5.74, 6) is 0. The highest BCUT2D eigenvalue weighted by Crippen LogP contribution is 2.13. The van der Waals surface area contributed by atoms with E-state index in [1.54, 1.807) is 0 Å². The Kier molecular flexibility index (Phi) is 6.67. The third-order valence-electron chi connectivity index (χ3n) is 3.10. The summed E-state index contributed by atoms with van der Waals surface area (Å²) >= 11 is 0. The van der Waals surface area contributed by atoms with Crippen LogP contribution in [-0.4, -0.2) is 38.1 Å². The zero-order valence-corrected chi connectivity index (χ0v) is 11.3. The maximum atomic E-state index is 3.49. The van der Waals surface area contributed by atoms with Crippen molar-refractivity contribution in [1.29, 1.82) is 0 Å². The van der Waals surface area contributed by atoms with E-state index in [1.165, 1.54) is 11.3 Å². The molecule has 0 aliphatic heterocycles. The highest BCUT2D eigenvalue weighted by Gasteiger charge is 2.00. The van der Waals surface area contributed by atoms with Gasteiger partial charge in [-0.15, -0.1) is 0 Å². The van der Waals surface area contributed by atoms with Crippen molar-refractivity contribution >= 4 is 5.69 Å².